The Balaban J connectivity index is 1.64. The molecule has 0 spiro atoms. The first kappa shape index (κ1) is 24.2. The van der Waals surface area contributed by atoms with Crippen molar-refractivity contribution in [1.29, 1.82) is 0 Å². The average molecular weight is 497 g/mol. The molecule has 178 valence electrons. The summed E-state index contributed by atoms with van der Waals surface area (Å²) in [7, 11) is 0. The van der Waals surface area contributed by atoms with Crippen LogP contribution in [0.25, 0.3) is 11.7 Å². The van der Waals surface area contributed by atoms with Crippen molar-refractivity contribution >= 4 is 51.7 Å². The molecule has 0 atom stereocenters. The van der Waals surface area contributed by atoms with Gasteiger partial charge in [0.15, 0.2) is 0 Å². The Bertz CT molecular complexity index is 1280. The summed E-state index contributed by atoms with van der Waals surface area (Å²) in [5.41, 5.74) is 1.63. The molecule has 1 aliphatic rings. The maximum absolute atomic E-state index is 13.4. The molecule has 4 heterocycles. The van der Waals surface area contributed by atoms with Gasteiger partial charge in [0.25, 0.3) is 11.5 Å². The lowest BCUT2D eigenvalue weighted by atomic mass is 10.2. The quantitative estimate of drug-likeness (QED) is 0.257. The molecule has 1 fully saturated rings. The number of unbranched alkanes of at least 4 members (excludes halogenated alkanes) is 2. The van der Waals surface area contributed by atoms with Gasteiger partial charge < -0.3 is 9.88 Å². The van der Waals surface area contributed by atoms with E-state index in [4.69, 9.17) is 17.2 Å². The summed E-state index contributed by atoms with van der Waals surface area (Å²) in [6.45, 7) is 6.06. The highest BCUT2D eigenvalue weighted by molar-refractivity contribution is 8.26. The van der Waals surface area contributed by atoms with Gasteiger partial charge in [-0.05, 0) is 37.5 Å². The average Bonchev–Trinajstić information content (AvgIpc) is 3.43. The van der Waals surface area contributed by atoms with E-state index in [1.54, 1.807) is 29.7 Å². The van der Waals surface area contributed by atoms with Gasteiger partial charge in [0.05, 0.1) is 16.8 Å². The highest BCUT2D eigenvalue weighted by atomic mass is 32.2. The minimum Gasteiger partial charge on any atom is -0.369 e. The first-order chi connectivity index (χ1) is 16.5. The van der Waals surface area contributed by atoms with E-state index in [1.165, 1.54) is 16.2 Å². The molecule has 1 amide bonds. The third-order valence-corrected chi connectivity index (χ3v) is 7.04. The molecule has 8 nitrogen and oxygen atoms in total. The first-order valence-corrected chi connectivity index (χ1v) is 12.7. The van der Waals surface area contributed by atoms with Crippen molar-refractivity contribution in [3.05, 3.63) is 63.4 Å². The fourth-order valence-corrected chi connectivity index (χ4v) is 5.10. The second-order valence-corrected chi connectivity index (χ2v) is 9.86. The van der Waals surface area contributed by atoms with Gasteiger partial charge in [0.1, 0.15) is 15.8 Å². The summed E-state index contributed by atoms with van der Waals surface area (Å²) in [6.07, 6.45) is 12.6. The largest absolute Gasteiger partial charge is 0.369 e. The van der Waals surface area contributed by atoms with E-state index >= 15 is 0 Å². The van der Waals surface area contributed by atoms with Crippen molar-refractivity contribution in [3.8, 4) is 0 Å². The van der Waals surface area contributed by atoms with Crippen LogP contribution in [0.3, 0.4) is 0 Å². The normalized spacial score (nSPS) is 15.1. The molecule has 0 aliphatic carbocycles. The van der Waals surface area contributed by atoms with Crippen LogP contribution in [0, 0.1) is 6.92 Å². The number of hydrogen-bond acceptors (Lipinski definition) is 7. The van der Waals surface area contributed by atoms with Crippen molar-refractivity contribution in [3.63, 3.8) is 0 Å². The molecule has 1 aliphatic heterocycles. The van der Waals surface area contributed by atoms with Crippen LogP contribution in [0.2, 0.25) is 0 Å². The number of carbonyl (C=O) groups excluding carboxylic acids is 1. The van der Waals surface area contributed by atoms with Crippen LogP contribution >= 0.6 is 24.0 Å². The summed E-state index contributed by atoms with van der Waals surface area (Å²) in [5, 5.41) is 3.32. The Morgan fingerprint density at radius 2 is 2.03 bits per heavy atom. The zero-order valence-corrected chi connectivity index (χ0v) is 21.0. The number of aromatic nitrogens is 4. The topological polar surface area (TPSA) is 84.5 Å². The van der Waals surface area contributed by atoms with Gasteiger partial charge in [-0.1, -0.05) is 49.8 Å². The molecule has 0 saturated carbocycles. The SMILES string of the molecule is CCCCCN1C(=O)/C(=C\c2c(NCCCn3ccnc3)nc3c(C)cccn3c2=O)SC1=S. The van der Waals surface area contributed by atoms with Crippen molar-refractivity contribution in [2.45, 2.75) is 46.1 Å². The Labute approximate surface area is 208 Å². The molecular weight excluding hydrogens is 468 g/mol. The first-order valence-electron chi connectivity index (χ1n) is 11.5. The van der Waals surface area contributed by atoms with Gasteiger partial charge in [0.2, 0.25) is 0 Å². The van der Waals surface area contributed by atoms with Crippen molar-refractivity contribution in [1.82, 2.24) is 23.8 Å². The number of thiocarbonyl (C=S) groups is 1. The number of nitrogens with zero attached hydrogens (tertiary/aromatic N) is 5. The van der Waals surface area contributed by atoms with Crippen LogP contribution in [-0.4, -0.2) is 47.2 Å². The van der Waals surface area contributed by atoms with E-state index in [1.807, 2.05) is 29.8 Å². The van der Waals surface area contributed by atoms with Gasteiger partial charge in [-0.15, -0.1) is 0 Å². The number of aryl methyl sites for hydroxylation is 2. The molecule has 1 N–H and O–H groups in total. The van der Waals surface area contributed by atoms with E-state index in [-0.39, 0.29) is 11.5 Å². The van der Waals surface area contributed by atoms with Crippen LogP contribution in [0.4, 0.5) is 5.82 Å². The molecule has 4 rings (SSSR count). The van der Waals surface area contributed by atoms with Crippen LogP contribution in [0.5, 0.6) is 0 Å². The van der Waals surface area contributed by atoms with Crippen molar-refractivity contribution in [2.24, 2.45) is 0 Å². The van der Waals surface area contributed by atoms with E-state index in [9.17, 15) is 9.59 Å². The predicted octanol–water partition coefficient (Wildman–Crippen LogP) is 4.09. The summed E-state index contributed by atoms with van der Waals surface area (Å²) >= 11 is 6.69. The van der Waals surface area contributed by atoms with Gasteiger partial charge >= 0.3 is 0 Å². The molecule has 0 unspecified atom stereocenters. The number of hydrogen-bond donors (Lipinski definition) is 1. The van der Waals surface area contributed by atoms with E-state index in [0.29, 0.717) is 39.3 Å². The molecule has 34 heavy (non-hydrogen) atoms. The molecule has 0 bridgehead atoms. The number of thioether (sulfide) groups is 1. The highest BCUT2D eigenvalue weighted by Crippen LogP contribution is 2.33. The fraction of sp³-hybridized carbons (Fsp3) is 0.375. The summed E-state index contributed by atoms with van der Waals surface area (Å²) in [5.74, 6) is 0.326. The molecular formula is C24H28N6O2S2. The Kier molecular flexibility index (Phi) is 7.79. The third kappa shape index (κ3) is 5.23. The van der Waals surface area contributed by atoms with Gasteiger partial charge in [0, 0.05) is 38.2 Å². The van der Waals surface area contributed by atoms with Crippen LogP contribution < -0.4 is 10.9 Å². The van der Waals surface area contributed by atoms with E-state index in [2.05, 4.69) is 17.2 Å². The minimum atomic E-state index is -0.220. The number of pyridine rings is 1. The molecule has 0 aromatic carbocycles. The smallest absolute Gasteiger partial charge is 0.267 e. The number of carbonyl (C=O) groups is 1. The Morgan fingerprint density at radius 3 is 2.79 bits per heavy atom. The number of anilines is 1. The Hall–Kier alpha value is -2.98. The number of nitrogens with one attached hydrogen (secondary N) is 1. The van der Waals surface area contributed by atoms with Crippen LogP contribution in [0.15, 0.2) is 46.8 Å². The van der Waals surface area contributed by atoms with Gasteiger partial charge in [-0.2, -0.15) is 0 Å². The molecule has 3 aromatic heterocycles. The van der Waals surface area contributed by atoms with Crippen molar-refractivity contribution < 1.29 is 4.79 Å². The second kappa shape index (κ2) is 11.0. The molecule has 10 heteroatoms. The number of amides is 1. The lowest BCUT2D eigenvalue weighted by molar-refractivity contribution is -0.122. The third-order valence-electron chi connectivity index (χ3n) is 5.66. The lowest BCUT2D eigenvalue weighted by Gasteiger charge is -2.14. The zero-order chi connectivity index (χ0) is 24.1. The molecule has 0 radical (unpaired) electrons. The predicted molar refractivity (Wildman–Crippen MR) is 141 cm³/mol. The van der Waals surface area contributed by atoms with Gasteiger partial charge in [-0.25, -0.2) is 9.97 Å². The fourth-order valence-electron chi connectivity index (χ4n) is 3.81. The monoisotopic (exact) mass is 496 g/mol. The van der Waals surface area contributed by atoms with Crippen LogP contribution in [0.1, 0.15) is 43.7 Å². The van der Waals surface area contributed by atoms with Crippen LogP contribution in [-0.2, 0) is 11.3 Å². The molecule has 1 saturated heterocycles. The number of fused-ring (bicyclic) bond motifs is 1. The Morgan fingerprint density at radius 1 is 1.18 bits per heavy atom. The van der Waals surface area contributed by atoms with E-state index < -0.39 is 0 Å². The minimum absolute atomic E-state index is 0.147. The summed E-state index contributed by atoms with van der Waals surface area (Å²) < 4.78 is 4.06. The number of rotatable bonds is 10. The number of imidazole rings is 1. The second-order valence-electron chi connectivity index (χ2n) is 8.19. The maximum atomic E-state index is 13.4. The highest BCUT2D eigenvalue weighted by Gasteiger charge is 2.32. The standard InChI is InChI=1S/C24H28N6O2S2/c1-3-4-5-12-30-23(32)19(34-24(30)33)15-18-20(26-9-7-11-28-14-10-25-16-28)27-21-17(2)8-6-13-29(21)22(18)31/h6,8,10,13-16,26H,3-5,7,9,11-12H2,1-2H3/b19-15+. The zero-order valence-electron chi connectivity index (χ0n) is 19.4. The van der Waals surface area contributed by atoms with Gasteiger partial charge in [-0.3, -0.25) is 18.9 Å². The van der Waals surface area contributed by atoms with E-state index in [0.717, 1.165) is 37.8 Å². The maximum Gasteiger partial charge on any atom is 0.267 e. The molecule has 3 aromatic rings. The summed E-state index contributed by atoms with van der Waals surface area (Å²) in [6, 6.07) is 3.74. The summed E-state index contributed by atoms with van der Waals surface area (Å²) in [4.78, 5) is 37.4. The van der Waals surface area contributed by atoms with Crippen molar-refractivity contribution in [2.75, 3.05) is 18.4 Å². The lowest BCUT2D eigenvalue weighted by Crippen LogP contribution is -2.29.